The van der Waals surface area contributed by atoms with Gasteiger partial charge in [0.25, 0.3) is 0 Å². The summed E-state index contributed by atoms with van der Waals surface area (Å²) < 4.78 is 6.23. The first-order valence-electron chi connectivity index (χ1n) is 2.84. The topological polar surface area (TPSA) is 86.7 Å². The number of esters is 1. The molecule has 0 N–H and O–H groups in total. The van der Waals surface area contributed by atoms with Crippen LogP contribution in [0.3, 0.4) is 0 Å². The molecular formula is C5H3I2O6-. The summed E-state index contributed by atoms with van der Waals surface area (Å²) in [5, 5.41) is 0. The summed E-state index contributed by atoms with van der Waals surface area (Å²) in [6.45, 7) is 1.07. The van der Waals surface area contributed by atoms with E-state index in [-0.39, 0.29) is 0 Å². The minimum absolute atomic E-state index is 0.602. The Kier molecular flexibility index (Phi) is 3.58. The number of carbonyl (C=O) groups excluding carboxylic acids is 4. The van der Waals surface area contributed by atoms with Crippen molar-refractivity contribution in [3.8, 4) is 0 Å². The summed E-state index contributed by atoms with van der Waals surface area (Å²) in [5.74, 6) is -0.765. The van der Waals surface area contributed by atoms with E-state index in [2.05, 4.69) is 9.47 Å². The van der Waals surface area contributed by atoms with E-state index < -0.39 is 51.0 Å². The molecule has 0 amide bonds. The van der Waals surface area contributed by atoms with Crippen LogP contribution in [0.4, 0.5) is 14.4 Å². The van der Waals surface area contributed by atoms with Gasteiger partial charge in [-0.05, 0) is 0 Å². The molecule has 0 radical (unpaired) electrons. The summed E-state index contributed by atoms with van der Waals surface area (Å²) >= 11 is -3.92. The quantitative estimate of drug-likeness (QED) is 0.224. The first-order valence-corrected chi connectivity index (χ1v) is 12.4. The van der Waals surface area contributed by atoms with Gasteiger partial charge in [-0.2, -0.15) is 0 Å². The van der Waals surface area contributed by atoms with Gasteiger partial charge in [-0.15, -0.1) is 0 Å². The number of cyclic esters (lactones) is 2. The summed E-state index contributed by atoms with van der Waals surface area (Å²) in [4.78, 5) is 42.8. The summed E-state index contributed by atoms with van der Waals surface area (Å²) in [6.07, 6.45) is 0. The number of rotatable bonds is 1. The van der Waals surface area contributed by atoms with Gasteiger partial charge in [-0.25, -0.2) is 0 Å². The molecule has 0 atom stereocenters. The molecule has 0 aromatic heterocycles. The van der Waals surface area contributed by atoms with Crippen molar-refractivity contribution < 1.29 is 45.9 Å². The molecule has 74 valence electrons. The maximum atomic E-state index is 11.0. The monoisotopic (exact) mass is 413 g/mol. The van der Waals surface area contributed by atoms with Gasteiger partial charge in [0.15, 0.2) is 0 Å². The molecule has 1 saturated heterocycles. The molecule has 0 saturated carbocycles. The molecule has 0 spiro atoms. The summed E-state index contributed by atoms with van der Waals surface area (Å²) in [5.41, 5.74) is 0. The van der Waals surface area contributed by atoms with E-state index in [4.69, 9.17) is 0 Å². The third-order valence-corrected chi connectivity index (χ3v) is 13.2. The van der Waals surface area contributed by atoms with Gasteiger partial charge in [0, 0.05) is 0 Å². The Morgan fingerprint density at radius 2 is 2.08 bits per heavy atom. The molecule has 1 aliphatic heterocycles. The van der Waals surface area contributed by atoms with Crippen LogP contribution in [0.2, 0.25) is 0 Å². The molecule has 8 heteroatoms. The number of ether oxygens (including phenoxy) is 2. The van der Waals surface area contributed by atoms with Crippen molar-refractivity contribution in [2.24, 2.45) is 0 Å². The van der Waals surface area contributed by atoms with Crippen LogP contribution in [0, 0.1) is 0 Å². The predicted octanol–water partition coefficient (Wildman–Crippen LogP) is -1.55. The first kappa shape index (κ1) is 10.8. The van der Waals surface area contributed by atoms with Crippen LogP contribution in [-0.2, 0) is 14.3 Å². The molecule has 0 aliphatic carbocycles. The van der Waals surface area contributed by atoms with Gasteiger partial charge in [-0.1, -0.05) is 0 Å². The van der Waals surface area contributed by atoms with Gasteiger partial charge in [0.05, 0.1) is 0 Å². The maximum absolute atomic E-state index is 11.0. The Morgan fingerprint density at radius 3 is 2.46 bits per heavy atom. The normalized spacial score (nSPS) is 19.0. The zero-order valence-corrected chi connectivity index (χ0v) is 10.5. The van der Waals surface area contributed by atoms with E-state index in [9.17, 15) is 19.2 Å². The SMILES string of the molecule is CC(=O)OC(=O)I1[I-]C(=O)OC1=O. The Labute approximate surface area is 86.0 Å². The third kappa shape index (κ3) is 2.86. The van der Waals surface area contributed by atoms with Gasteiger partial charge in [-0.3, -0.25) is 0 Å². The van der Waals surface area contributed by atoms with Crippen LogP contribution in [0.1, 0.15) is 6.92 Å². The Hall–Kier alpha value is -0.260. The standard InChI is InChI=1S/C5H3I2O6/c1-2(8)12-4(10)7-5(11)13-3(9)6-7/h1H3/q-1. The Morgan fingerprint density at radius 1 is 1.46 bits per heavy atom. The van der Waals surface area contributed by atoms with Crippen molar-refractivity contribution >= 4 is 33.7 Å². The van der Waals surface area contributed by atoms with Crippen LogP contribution < -0.4 is 17.2 Å². The number of carbonyl (C=O) groups is 4. The van der Waals surface area contributed by atoms with Crippen LogP contribution in [0.5, 0.6) is 0 Å². The second-order valence-corrected chi connectivity index (χ2v) is 14.3. The van der Waals surface area contributed by atoms with Crippen molar-refractivity contribution in [1.82, 2.24) is 0 Å². The summed E-state index contributed by atoms with van der Waals surface area (Å²) in [7, 11) is 0. The first-order chi connectivity index (χ1) is 6.00. The van der Waals surface area contributed by atoms with Crippen molar-refractivity contribution in [3.63, 3.8) is 0 Å². The zero-order chi connectivity index (χ0) is 10.0. The molecule has 0 bridgehead atoms. The number of halogens is 2. The molecule has 6 nitrogen and oxygen atoms in total. The van der Waals surface area contributed by atoms with Crippen LogP contribution in [0.25, 0.3) is 0 Å². The molecule has 1 rings (SSSR count). The molecule has 13 heavy (non-hydrogen) atoms. The van der Waals surface area contributed by atoms with Crippen LogP contribution in [0.15, 0.2) is 0 Å². The van der Waals surface area contributed by atoms with E-state index >= 15 is 0 Å². The zero-order valence-electron chi connectivity index (χ0n) is 6.21. The van der Waals surface area contributed by atoms with Gasteiger partial charge in [0.2, 0.25) is 0 Å². The predicted molar refractivity (Wildman–Crippen MR) is 43.1 cm³/mol. The Bertz CT molecular complexity index is 297. The van der Waals surface area contributed by atoms with Crippen molar-refractivity contribution in [3.05, 3.63) is 0 Å². The van der Waals surface area contributed by atoms with Gasteiger partial charge in [0.1, 0.15) is 0 Å². The van der Waals surface area contributed by atoms with E-state index in [1.54, 1.807) is 0 Å². The van der Waals surface area contributed by atoms with Gasteiger partial charge < -0.3 is 0 Å². The Balaban J connectivity index is 2.62. The van der Waals surface area contributed by atoms with Crippen LogP contribution in [-0.4, -0.2) is 17.9 Å². The van der Waals surface area contributed by atoms with E-state index in [1.807, 2.05) is 0 Å². The van der Waals surface area contributed by atoms with Gasteiger partial charge >= 0.3 is 86.5 Å². The van der Waals surface area contributed by atoms with E-state index in [1.165, 1.54) is 0 Å². The fourth-order valence-electron chi connectivity index (χ4n) is 0.438. The number of hydrogen-bond acceptors (Lipinski definition) is 6. The molecule has 1 heterocycles. The molecular weight excluding hydrogens is 410 g/mol. The second kappa shape index (κ2) is 4.30. The molecule has 1 fully saturated rings. The average Bonchev–Trinajstić information content (AvgIpc) is 2.28. The minimum atomic E-state index is -2.74. The van der Waals surface area contributed by atoms with Crippen molar-refractivity contribution in [1.29, 1.82) is 0 Å². The molecule has 0 aromatic carbocycles. The second-order valence-electron chi connectivity index (χ2n) is 1.72. The molecule has 0 aromatic rings. The number of hydrogen-bond donors (Lipinski definition) is 0. The fraction of sp³-hybridized carbons (Fsp3) is 0.200. The van der Waals surface area contributed by atoms with Crippen molar-refractivity contribution in [2.75, 3.05) is 0 Å². The summed E-state index contributed by atoms with van der Waals surface area (Å²) in [6, 6.07) is 0. The van der Waals surface area contributed by atoms with E-state index in [0.29, 0.717) is 0 Å². The molecule has 1 aliphatic rings. The van der Waals surface area contributed by atoms with Crippen LogP contribution >= 0.6 is 15.8 Å². The van der Waals surface area contributed by atoms with Crippen molar-refractivity contribution in [2.45, 2.75) is 6.92 Å². The van der Waals surface area contributed by atoms with E-state index in [0.717, 1.165) is 6.92 Å². The molecule has 0 unspecified atom stereocenters. The average molecular weight is 413 g/mol. The third-order valence-electron chi connectivity index (χ3n) is 0.785. The fourth-order valence-corrected chi connectivity index (χ4v) is 9.21.